The minimum absolute atomic E-state index is 0.0646. The molecule has 0 bridgehead atoms. The molecule has 0 saturated heterocycles. The number of alkyl halides is 3. The highest BCUT2D eigenvalue weighted by Crippen LogP contribution is 2.37. The lowest BCUT2D eigenvalue weighted by Gasteiger charge is -2.17. The maximum absolute atomic E-state index is 13.2. The maximum atomic E-state index is 13.2. The Morgan fingerprint density at radius 3 is 2.35 bits per heavy atom. The number of rotatable bonds is 5. The zero-order valence-corrected chi connectivity index (χ0v) is 14.4. The van der Waals surface area contributed by atoms with Gasteiger partial charge in [0.1, 0.15) is 11.7 Å². The summed E-state index contributed by atoms with van der Waals surface area (Å²) in [6, 6.07) is 5.68. The van der Waals surface area contributed by atoms with Crippen molar-refractivity contribution in [1.82, 2.24) is 9.97 Å². The molecule has 140 valence electrons. The quantitative estimate of drug-likeness (QED) is 0.764. The van der Waals surface area contributed by atoms with Crippen molar-refractivity contribution in [2.24, 2.45) is 0 Å². The Morgan fingerprint density at radius 1 is 1.12 bits per heavy atom. The number of halogens is 3. The van der Waals surface area contributed by atoms with Crippen LogP contribution < -0.4 is 10.1 Å². The van der Waals surface area contributed by atoms with Gasteiger partial charge in [0.05, 0.1) is 4.90 Å². The second kappa shape index (κ2) is 7.48. The van der Waals surface area contributed by atoms with E-state index in [4.69, 9.17) is 4.74 Å². The van der Waals surface area contributed by atoms with Crippen molar-refractivity contribution in [3.8, 4) is 5.88 Å². The third-order valence-corrected chi connectivity index (χ3v) is 4.69. The number of hydrogen-bond donors (Lipinski definition) is 2. The van der Waals surface area contributed by atoms with Crippen molar-refractivity contribution >= 4 is 22.3 Å². The van der Waals surface area contributed by atoms with E-state index < -0.39 is 28.3 Å². The lowest BCUT2D eigenvalue weighted by Crippen LogP contribution is -2.17. The van der Waals surface area contributed by atoms with Crippen LogP contribution in [-0.2, 0) is 16.9 Å². The molecule has 1 heterocycles. The fraction of sp³-hybridized carbons (Fsp3) is 0.375. The molecule has 1 N–H and O–H groups in total. The van der Waals surface area contributed by atoms with Crippen LogP contribution in [0.15, 0.2) is 35.4 Å². The van der Waals surface area contributed by atoms with Crippen molar-refractivity contribution in [3.05, 3.63) is 36.0 Å². The second-order valence-electron chi connectivity index (χ2n) is 5.86. The highest BCUT2D eigenvalue weighted by Gasteiger charge is 2.37. The van der Waals surface area contributed by atoms with Crippen molar-refractivity contribution in [2.75, 3.05) is 5.32 Å². The van der Waals surface area contributed by atoms with Crippen molar-refractivity contribution in [1.29, 1.82) is 0 Å². The van der Waals surface area contributed by atoms with Gasteiger partial charge in [0.25, 0.3) is 0 Å². The first-order chi connectivity index (χ1) is 12.3. The molecule has 0 spiro atoms. The summed E-state index contributed by atoms with van der Waals surface area (Å²) in [6.07, 6.45) is -1.01. The Labute approximate surface area is 149 Å². The first-order valence-electron chi connectivity index (χ1n) is 7.95. The zero-order chi connectivity index (χ0) is 18.7. The molecular formula is C16H16F3N3O3S. The van der Waals surface area contributed by atoms with E-state index in [0.717, 1.165) is 12.8 Å². The minimum Gasteiger partial charge on any atom is -0.474 e. The lowest BCUT2D eigenvalue weighted by molar-refractivity contribution is -0.139. The van der Waals surface area contributed by atoms with Crippen LogP contribution >= 0.6 is 0 Å². The molecule has 1 aliphatic carbocycles. The molecule has 6 nitrogen and oxygen atoms in total. The fourth-order valence-electron chi connectivity index (χ4n) is 2.67. The molecule has 26 heavy (non-hydrogen) atoms. The number of thiol groups is 1. The lowest BCUT2D eigenvalue weighted by atomic mass is 10.3. The Bertz CT molecular complexity index is 840. The van der Waals surface area contributed by atoms with Crippen LogP contribution in [0.5, 0.6) is 5.88 Å². The molecule has 1 aliphatic rings. The van der Waals surface area contributed by atoms with E-state index in [1.54, 1.807) is 0 Å². The summed E-state index contributed by atoms with van der Waals surface area (Å²) >= 11 is 0. The summed E-state index contributed by atoms with van der Waals surface area (Å²) < 4.78 is 66.7. The van der Waals surface area contributed by atoms with Gasteiger partial charge in [0.2, 0.25) is 11.8 Å². The average molecular weight is 387 g/mol. The summed E-state index contributed by atoms with van der Waals surface area (Å²) in [4.78, 5) is 7.69. The van der Waals surface area contributed by atoms with Gasteiger partial charge in [-0.05, 0) is 49.9 Å². The number of nitrogens with zero attached hydrogens (tertiary/aromatic N) is 2. The third-order valence-electron chi connectivity index (χ3n) is 3.97. The van der Waals surface area contributed by atoms with Gasteiger partial charge in [-0.25, -0.2) is 13.4 Å². The Kier molecular flexibility index (Phi) is 5.30. The van der Waals surface area contributed by atoms with Crippen molar-refractivity contribution in [3.63, 3.8) is 0 Å². The normalized spacial score (nSPS) is 15.4. The monoisotopic (exact) mass is 387 g/mol. The van der Waals surface area contributed by atoms with Crippen LogP contribution in [0.3, 0.4) is 0 Å². The molecule has 10 heteroatoms. The standard InChI is InChI=1S/C16H16F3N3O3S/c17-16(18,19)13-9-20-15(22-14(13)25-11-3-1-2-4-11)21-10-5-7-12(8-6-10)26(23)24/h5-9,11,26H,1-4H2,(H,20,21,22). The van der Waals surface area contributed by atoms with Gasteiger partial charge < -0.3 is 10.1 Å². The van der Waals surface area contributed by atoms with E-state index in [0.29, 0.717) is 24.7 Å². The van der Waals surface area contributed by atoms with E-state index >= 15 is 0 Å². The highest BCUT2D eigenvalue weighted by molar-refractivity contribution is 7.72. The summed E-state index contributed by atoms with van der Waals surface area (Å²) in [5.41, 5.74) is -0.578. The van der Waals surface area contributed by atoms with Gasteiger partial charge in [-0.1, -0.05) is 0 Å². The zero-order valence-electron chi connectivity index (χ0n) is 13.5. The summed E-state index contributed by atoms with van der Waals surface area (Å²) in [7, 11) is -2.70. The van der Waals surface area contributed by atoms with Crippen molar-refractivity contribution in [2.45, 2.75) is 42.9 Å². The number of benzene rings is 1. The van der Waals surface area contributed by atoms with Crippen LogP contribution in [-0.4, -0.2) is 24.5 Å². The number of anilines is 2. The van der Waals surface area contributed by atoms with E-state index in [1.807, 2.05) is 0 Å². The number of nitrogens with one attached hydrogen (secondary N) is 1. The topological polar surface area (TPSA) is 81.2 Å². The van der Waals surface area contributed by atoms with Gasteiger partial charge >= 0.3 is 6.18 Å². The van der Waals surface area contributed by atoms with E-state index in [9.17, 15) is 21.6 Å². The Morgan fingerprint density at radius 2 is 1.77 bits per heavy atom. The molecule has 1 fully saturated rings. The summed E-state index contributed by atoms with van der Waals surface area (Å²) in [5.74, 6) is -0.564. The predicted molar refractivity (Wildman–Crippen MR) is 88.2 cm³/mol. The minimum atomic E-state index is -4.62. The fourth-order valence-corrected chi connectivity index (χ4v) is 3.06. The predicted octanol–water partition coefficient (Wildman–Crippen LogP) is 3.53. The molecule has 0 aliphatic heterocycles. The van der Waals surface area contributed by atoms with Gasteiger partial charge in [-0.3, -0.25) is 0 Å². The van der Waals surface area contributed by atoms with Gasteiger partial charge in [0, 0.05) is 11.9 Å². The molecule has 3 rings (SSSR count). The maximum Gasteiger partial charge on any atom is 0.423 e. The molecular weight excluding hydrogens is 371 g/mol. The average Bonchev–Trinajstić information content (AvgIpc) is 3.07. The first kappa shape index (κ1) is 18.4. The van der Waals surface area contributed by atoms with Crippen LogP contribution in [0, 0.1) is 0 Å². The van der Waals surface area contributed by atoms with Crippen LogP contribution in [0.25, 0.3) is 0 Å². The van der Waals surface area contributed by atoms with E-state index in [2.05, 4.69) is 15.3 Å². The van der Waals surface area contributed by atoms with Crippen molar-refractivity contribution < 1.29 is 26.3 Å². The Balaban J connectivity index is 1.85. The SMILES string of the molecule is O=[SH](=O)c1ccc(Nc2ncc(C(F)(F)F)c(OC3CCCC3)n2)cc1. The van der Waals surface area contributed by atoms with E-state index in [-0.39, 0.29) is 16.9 Å². The van der Waals surface area contributed by atoms with Crippen LogP contribution in [0.1, 0.15) is 31.2 Å². The Hall–Kier alpha value is -2.36. The molecule has 0 amide bonds. The third kappa shape index (κ3) is 4.43. The molecule has 2 aromatic rings. The molecule has 1 saturated carbocycles. The van der Waals surface area contributed by atoms with Gasteiger partial charge in [-0.2, -0.15) is 18.2 Å². The second-order valence-corrected chi connectivity index (χ2v) is 6.89. The number of hydrogen-bond acceptors (Lipinski definition) is 6. The number of aromatic nitrogens is 2. The smallest absolute Gasteiger partial charge is 0.423 e. The molecule has 1 aromatic carbocycles. The molecule has 0 atom stereocenters. The molecule has 0 unspecified atom stereocenters. The summed E-state index contributed by atoms with van der Waals surface area (Å²) in [5, 5.41) is 2.75. The summed E-state index contributed by atoms with van der Waals surface area (Å²) in [6.45, 7) is 0. The molecule has 0 radical (unpaired) electrons. The first-order valence-corrected chi connectivity index (χ1v) is 9.13. The molecule has 1 aromatic heterocycles. The van der Waals surface area contributed by atoms with Gasteiger partial charge in [-0.15, -0.1) is 0 Å². The van der Waals surface area contributed by atoms with E-state index in [1.165, 1.54) is 24.3 Å². The van der Waals surface area contributed by atoms with Crippen LogP contribution in [0.4, 0.5) is 24.8 Å². The highest BCUT2D eigenvalue weighted by atomic mass is 32.2. The largest absolute Gasteiger partial charge is 0.474 e. The van der Waals surface area contributed by atoms with Gasteiger partial charge in [0.15, 0.2) is 10.7 Å². The number of ether oxygens (including phenoxy) is 1. The van der Waals surface area contributed by atoms with Crippen LogP contribution in [0.2, 0.25) is 0 Å².